The average molecular weight is 564 g/mol. The number of imidazole rings is 1. The monoisotopic (exact) mass is 563 g/mol. The van der Waals surface area contributed by atoms with Gasteiger partial charge in [0.15, 0.2) is 0 Å². The Kier molecular flexibility index (Phi) is 5.55. The average Bonchev–Trinajstić information content (AvgIpc) is 3.44. The summed E-state index contributed by atoms with van der Waals surface area (Å²) in [6.45, 7) is -1.15. The lowest BCUT2D eigenvalue weighted by Crippen LogP contribution is -2.56. The summed E-state index contributed by atoms with van der Waals surface area (Å²) in [7, 11) is 1.69. The second kappa shape index (κ2) is 8.77. The molecular weight excluding hydrogens is 535 g/mol. The fraction of sp³-hybridized carbons (Fsp3) is 0.367. The van der Waals surface area contributed by atoms with Crippen molar-refractivity contribution in [3.8, 4) is 16.9 Å². The van der Waals surface area contributed by atoms with E-state index in [1.807, 2.05) is 23.6 Å². The minimum Gasteiger partial charge on any atom is -0.434 e. The van der Waals surface area contributed by atoms with E-state index in [0.29, 0.717) is 52.9 Å². The van der Waals surface area contributed by atoms with Gasteiger partial charge < -0.3 is 24.9 Å². The van der Waals surface area contributed by atoms with Crippen molar-refractivity contribution in [2.45, 2.75) is 50.3 Å². The molecule has 0 spiro atoms. The summed E-state index contributed by atoms with van der Waals surface area (Å²) in [6.07, 6.45) is 4.76. The predicted molar refractivity (Wildman–Crippen MR) is 143 cm³/mol. The number of benzene rings is 1. The molecule has 41 heavy (non-hydrogen) atoms. The van der Waals surface area contributed by atoms with Crippen molar-refractivity contribution in [2.75, 3.05) is 13.7 Å². The molecule has 1 saturated carbocycles. The fourth-order valence-electron chi connectivity index (χ4n) is 7.22. The Morgan fingerprint density at radius 3 is 2.71 bits per heavy atom. The Morgan fingerprint density at radius 1 is 1.22 bits per heavy atom. The Labute approximate surface area is 233 Å². The Balaban J connectivity index is 1.32. The zero-order valence-electron chi connectivity index (χ0n) is 22.4. The maximum Gasteiger partial charge on any atom is 0.387 e. The molecule has 2 atom stereocenters. The van der Waals surface area contributed by atoms with Gasteiger partial charge >= 0.3 is 6.61 Å². The highest BCUT2D eigenvalue weighted by Crippen LogP contribution is 2.53. The van der Waals surface area contributed by atoms with Gasteiger partial charge in [0, 0.05) is 54.2 Å². The number of alkyl halides is 2. The molecule has 3 N–H and O–H groups in total. The highest BCUT2D eigenvalue weighted by Gasteiger charge is 2.52. The van der Waals surface area contributed by atoms with Crippen LogP contribution in [0.5, 0.6) is 5.75 Å². The van der Waals surface area contributed by atoms with Gasteiger partial charge in [-0.3, -0.25) is 9.78 Å². The van der Waals surface area contributed by atoms with Crippen molar-refractivity contribution < 1.29 is 27.8 Å². The number of hydrogen-bond donors (Lipinski definition) is 2. The van der Waals surface area contributed by atoms with Crippen LogP contribution in [0, 0.1) is 11.2 Å². The van der Waals surface area contributed by atoms with Crippen LogP contribution in [0.25, 0.3) is 16.8 Å². The number of aromatic nitrogens is 3. The molecule has 1 amide bonds. The number of nitrogens with zero attached hydrogens (tertiary/aromatic N) is 4. The van der Waals surface area contributed by atoms with Crippen molar-refractivity contribution in [3.05, 3.63) is 82.8 Å². The lowest BCUT2D eigenvalue weighted by atomic mass is 9.57. The van der Waals surface area contributed by atoms with E-state index >= 15 is 4.39 Å². The highest BCUT2D eigenvalue weighted by molar-refractivity contribution is 5.98. The van der Waals surface area contributed by atoms with E-state index in [-0.39, 0.29) is 35.4 Å². The molecule has 2 unspecified atom stereocenters. The molecule has 1 aromatic carbocycles. The van der Waals surface area contributed by atoms with Gasteiger partial charge in [-0.25, -0.2) is 9.37 Å². The third-order valence-corrected chi connectivity index (χ3v) is 8.95. The van der Waals surface area contributed by atoms with Crippen LogP contribution in [0.4, 0.5) is 13.2 Å². The molecule has 7 rings (SSSR count). The minimum absolute atomic E-state index is 0.0209. The topological polar surface area (TPSA) is 106 Å². The van der Waals surface area contributed by atoms with Gasteiger partial charge in [-0.1, -0.05) is 13.0 Å². The summed E-state index contributed by atoms with van der Waals surface area (Å²) >= 11 is 0. The quantitative estimate of drug-likeness (QED) is 0.363. The van der Waals surface area contributed by atoms with Crippen molar-refractivity contribution in [1.29, 1.82) is 0 Å². The predicted octanol–water partition coefficient (Wildman–Crippen LogP) is 4.75. The zero-order chi connectivity index (χ0) is 28.8. The van der Waals surface area contributed by atoms with Crippen LogP contribution < -0.4 is 10.5 Å². The molecule has 4 aromatic rings. The van der Waals surface area contributed by atoms with Crippen molar-refractivity contribution in [1.82, 2.24) is 19.3 Å². The van der Waals surface area contributed by atoms with Crippen LogP contribution in [0.1, 0.15) is 71.1 Å². The number of hydrogen-bond acceptors (Lipinski definition) is 6. The highest BCUT2D eigenvalue weighted by atomic mass is 19.3. The third-order valence-electron chi connectivity index (χ3n) is 8.95. The second-order valence-corrected chi connectivity index (χ2v) is 11.9. The number of amides is 1. The summed E-state index contributed by atoms with van der Waals surface area (Å²) in [5.41, 5.74) is 9.39. The van der Waals surface area contributed by atoms with Gasteiger partial charge in [0.25, 0.3) is 5.91 Å². The number of aliphatic hydroxyl groups is 1. The first-order valence-corrected chi connectivity index (χ1v) is 13.4. The van der Waals surface area contributed by atoms with Crippen molar-refractivity contribution in [2.24, 2.45) is 11.1 Å². The largest absolute Gasteiger partial charge is 0.434 e. The Hall–Kier alpha value is -3.96. The fourth-order valence-corrected chi connectivity index (χ4v) is 7.22. The van der Waals surface area contributed by atoms with E-state index < -0.39 is 23.9 Å². The summed E-state index contributed by atoms with van der Waals surface area (Å²) in [6, 6.07) is 9.31. The summed E-state index contributed by atoms with van der Waals surface area (Å²) in [5, 5.41) is 9.59. The number of nitrogens with two attached hydrogens (primary N) is 1. The Bertz CT molecular complexity index is 1730. The van der Waals surface area contributed by atoms with Gasteiger partial charge in [0.2, 0.25) is 0 Å². The van der Waals surface area contributed by atoms with Crippen molar-refractivity contribution in [3.63, 3.8) is 0 Å². The number of carbonyl (C=O) groups excluding carboxylic acids is 1. The van der Waals surface area contributed by atoms with Crippen molar-refractivity contribution >= 4 is 11.6 Å². The number of ether oxygens (including phenoxy) is 1. The molecule has 3 aromatic heterocycles. The molecule has 2 aliphatic carbocycles. The van der Waals surface area contributed by atoms with Crippen LogP contribution in [0.15, 0.2) is 48.8 Å². The smallest absolute Gasteiger partial charge is 0.387 e. The lowest BCUT2D eigenvalue weighted by Gasteiger charge is -2.51. The van der Waals surface area contributed by atoms with Gasteiger partial charge in [-0.05, 0) is 55.0 Å². The molecule has 1 aliphatic heterocycles. The minimum atomic E-state index is -3.04. The first-order chi connectivity index (χ1) is 19.5. The first kappa shape index (κ1) is 26.0. The molecule has 0 radical (unpaired) electrons. The molecule has 212 valence electrons. The molecule has 0 saturated heterocycles. The molecular formula is C30H28F3N5O3. The van der Waals surface area contributed by atoms with Gasteiger partial charge in [-0.2, -0.15) is 8.78 Å². The molecule has 11 heteroatoms. The number of fused-ring (bicyclic) bond motifs is 9. The van der Waals surface area contributed by atoms with E-state index in [9.17, 15) is 18.7 Å². The van der Waals surface area contributed by atoms with Gasteiger partial charge in [0.05, 0.1) is 28.7 Å². The number of carbonyl (C=O) groups is 1. The number of pyridine rings is 2. The van der Waals surface area contributed by atoms with E-state index in [2.05, 4.69) is 4.98 Å². The maximum atomic E-state index is 15.4. The summed E-state index contributed by atoms with van der Waals surface area (Å²) in [4.78, 5) is 24.1. The van der Waals surface area contributed by atoms with Crippen LogP contribution in [0.2, 0.25) is 0 Å². The number of aliphatic hydroxyl groups excluding tert-OH is 1. The van der Waals surface area contributed by atoms with Crippen LogP contribution >= 0.6 is 0 Å². The first-order valence-electron chi connectivity index (χ1n) is 13.4. The lowest BCUT2D eigenvalue weighted by molar-refractivity contribution is -0.0506. The summed E-state index contributed by atoms with van der Waals surface area (Å²) in [5.74, 6) is -1.25. The number of rotatable bonds is 5. The summed E-state index contributed by atoms with van der Waals surface area (Å²) < 4.78 is 48.8. The molecule has 4 heterocycles. The van der Waals surface area contributed by atoms with E-state index in [4.69, 9.17) is 15.5 Å². The van der Waals surface area contributed by atoms with Gasteiger partial charge in [-0.15, -0.1) is 0 Å². The number of halogens is 3. The van der Waals surface area contributed by atoms with Crippen LogP contribution in [-0.4, -0.2) is 50.5 Å². The normalized spacial score (nSPS) is 26.6. The Morgan fingerprint density at radius 2 is 2.00 bits per heavy atom. The van der Waals surface area contributed by atoms with Gasteiger partial charge in [0.1, 0.15) is 17.2 Å². The van der Waals surface area contributed by atoms with E-state index in [0.717, 1.165) is 5.69 Å². The van der Waals surface area contributed by atoms with E-state index in [1.165, 1.54) is 12.1 Å². The zero-order valence-corrected chi connectivity index (χ0v) is 22.4. The van der Waals surface area contributed by atoms with E-state index in [1.54, 1.807) is 36.3 Å². The second-order valence-electron chi connectivity index (χ2n) is 11.9. The molecule has 1 fully saturated rings. The standard InChI is InChI=1S/C30H28F3N5O3/c1-29(14-39)12-30(34,13-29)26-19(31)8-16(10-35-26)15-6-7-22-36-24-20-9-18(25(24)38(22)11-15)23-17(27(40)37(20)2)4-3-5-21(23)41-28(32)33/h3-8,10-11,18,20,28,39H,9,12-14,34H2,1-2H3. The maximum absolute atomic E-state index is 15.4. The molecule has 3 aliphatic rings. The van der Waals surface area contributed by atoms with Crippen LogP contribution in [0.3, 0.4) is 0 Å². The SMILES string of the molecule is CN1C(=O)c2cccc(OC(F)F)c2C2CC1c1nc3ccc(-c4cnc(C5(N)CC(C)(CO)C5)c(F)c4)cn3c12. The van der Waals surface area contributed by atoms with Crippen LogP contribution in [-0.2, 0) is 5.54 Å². The molecule has 8 nitrogen and oxygen atoms in total. The third kappa shape index (κ3) is 3.78. The molecule has 2 bridgehead atoms.